The molecule has 8 heteroatoms. The minimum atomic E-state index is -0.301. The van der Waals surface area contributed by atoms with Crippen LogP contribution in [-0.2, 0) is 16.0 Å². The van der Waals surface area contributed by atoms with Crippen LogP contribution in [0.15, 0.2) is 36.4 Å². The Kier molecular flexibility index (Phi) is 6.40. The molecule has 0 aromatic heterocycles. The van der Waals surface area contributed by atoms with Crippen molar-refractivity contribution in [1.29, 1.82) is 0 Å². The third kappa shape index (κ3) is 4.86. The van der Waals surface area contributed by atoms with Gasteiger partial charge in [-0.3, -0.25) is 9.59 Å². The van der Waals surface area contributed by atoms with Crippen molar-refractivity contribution in [1.82, 2.24) is 4.90 Å². The number of fused-ring (bicyclic) bond motifs is 1. The Balaban J connectivity index is 1.39. The van der Waals surface area contributed by atoms with E-state index in [9.17, 15) is 9.59 Å². The summed E-state index contributed by atoms with van der Waals surface area (Å²) in [5.74, 6) is 0.726. The third-order valence-corrected chi connectivity index (χ3v) is 5.28. The van der Waals surface area contributed by atoms with E-state index in [0.29, 0.717) is 73.7 Å². The smallest absolute Gasteiger partial charge is 0.255 e. The highest BCUT2D eigenvalue weighted by Gasteiger charge is 2.19. The molecule has 0 spiro atoms. The molecule has 7 nitrogen and oxygen atoms in total. The van der Waals surface area contributed by atoms with E-state index in [4.69, 9.17) is 25.8 Å². The Morgan fingerprint density at radius 1 is 1.00 bits per heavy atom. The maximum atomic E-state index is 12.7. The summed E-state index contributed by atoms with van der Waals surface area (Å²) < 4.78 is 16.5. The normalized spacial score (nSPS) is 16.0. The van der Waals surface area contributed by atoms with Crippen LogP contribution in [0.2, 0.25) is 5.02 Å². The van der Waals surface area contributed by atoms with Gasteiger partial charge in [-0.25, -0.2) is 0 Å². The summed E-state index contributed by atoms with van der Waals surface area (Å²) in [6.07, 6.45) is 1.08. The first-order valence-corrected chi connectivity index (χ1v) is 10.3. The molecule has 2 heterocycles. The number of halogens is 1. The molecule has 4 rings (SSSR count). The molecule has 1 N–H and O–H groups in total. The Hall–Kier alpha value is -2.77. The van der Waals surface area contributed by atoms with Crippen LogP contribution in [0.3, 0.4) is 0 Å². The van der Waals surface area contributed by atoms with E-state index >= 15 is 0 Å². The van der Waals surface area contributed by atoms with Crippen molar-refractivity contribution < 1.29 is 23.8 Å². The Morgan fingerprint density at radius 2 is 1.73 bits per heavy atom. The first kappa shape index (κ1) is 20.5. The van der Waals surface area contributed by atoms with Gasteiger partial charge in [0.25, 0.3) is 5.91 Å². The molecule has 2 aliphatic rings. The number of nitrogens with zero attached hydrogens (tertiary/aromatic N) is 1. The minimum absolute atomic E-state index is 0.0805. The summed E-state index contributed by atoms with van der Waals surface area (Å²) >= 11 is 6.27. The first-order chi connectivity index (χ1) is 14.6. The molecule has 1 fully saturated rings. The van der Waals surface area contributed by atoms with Crippen LogP contribution in [0.25, 0.3) is 0 Å². The molecule has 0 unspecified atom stereocenters. The van der Waals surface area contributed by atoms with Crippen molar-refractivity contribution in [2.45, 2.75) is 12.8 Å². The third-order valence-electron chi connectivity index (χ3n) is 5.00. The molecule has 0 saturated carbocycles. The fourth-order valence-electron chi connectivity index (χ4n) is 3.37. The molecule has 0 aliphatic carbocycles. The molecule has 158 valence electrons. The van der Waals surface area contributed by atoms with Gasteiger partial charge in [-0.2, -0.15) is 0 Å². The quantitative estimate of drug-likeness (QED) is 0.806. The molecule has 2 aliphatic heterocycles. The fraction of sp³-hybridized carbons (Fsp3) is 0.364. The number of carbonyl (C=O) groups is 2. The summed E-state index contributed by atoms with van der Waals surface area (Å²) in [6, 6.07) is 10.5. The van der Waals surface area contributed by atoms with Crippen LogP contribution in [-0.4, -0.2) is 56.2 Å². The average Bonchev–Trinajstić information content (AvgIpc) is 3.01. The molecule has 2 aromatic rings. The predicted octanol–water partition coefficient (Wildman–Crippen LogP) is 3.15. The number of benzene rings is 2. The van der Waals surface area contributed by atoms with Crippen LogP contribution in [0.5, 0.6) is 11.5 Å². The fourth-order valence-corrected chi connectivity index (χ4v) is 3.64. The zero-order chi connectivity index (χ0) is 20.9. The second-order valence-electron chi connectivity index (χ2n) is 7.16. The van der Waals surface area contributed by atoms with Crippen LogP contribution < -0.4 is 14.8 Å². The molecular weight excluding hydrogens is 408 g/mol. The second-order valence-corrected chi connectivity index (χ2v) is 7.56. The highest BCUT2D eigenvalue weighted by molar-refractivity contribution is 6.32. The van der Waals surface area contributed by atoms with Gasteiger partial charge in [0.05, 0.1) is 37.9 Å². The number of hydrogen-bond donors (Lipinski definition) is 1. The highest BCUT2D eigenvalue weighted by Crippen LogP contribution is 2.38. The van der Waals surface area contributed by atoms with Gasteiger partial charge in [0.15, 0.2) is 11.5 Å². The van der Waals surface area contributed by atoms with Crippen LogP contribution >= 0.6 is 11.6 Å². The maximum absolute atomic E-state index is 12.7. The monoisotopic (exact) mass is 430 g/mol. The van der Waals surface area contributed by atoms with Crippen LogP contribution in [0, 0.1) is 0 Å². The maximum Gasteiger partial charge on any atom is 0.255 e. The average molecular weight is 431 g/mol. The van der Waals surface area contributed by atoms with Crippen molar-refractivity contribution >= 4 is 29.1 Å². The van der Waals surface area contributed by atoms with Crippen molar-refractivity contribution in [2.24, 2.45) is 0 Å². The number of hydrogen-bond acceptors (Lipinski definition) is 5. The number of carbonyl (C=O) groups excluding carboxylic acids is 2. The summed E-state index contributed by atoms with van der Waals surface area (Å²) in [5.41, 5.74) is 1.91. The summed E-state index contributed by atoms with van der Waals surface area (Å²) in [5, 5.41) is 3.19. The molecular formula is C22H23ClN2O5. The Bertz CT molecular complexity index is 926. The Labute approximate surface area is 179 Å². The zero-order valence-corrected chi connectivity index (χ0v) is 17.2. The van der Waals surface area contributed by atoms with Crippen LogP contribution in [0.4, 0.5) is 5.69 Å². The lowest BCUT2D eigenvalue weighted by Gasteiger charge is -2.26. The van der Waals surface area contributed by atoms with Gasteiger partial charge in [-0.15, -0.1) is 0 Å². The molecule has 0 bridgehead atoms. The van der Waals surface area contributed by atoms with E-state index in [0.717, 1.165) is 12.0 Å². The number of anilines is 1. The van der Waals surface area contributed by atoms with Gasteiger partial charge in [-0.1, -0.05) is 23.7 Å². The Morgan fingerprint density at radius 3 is 2.50 bits per heavy atom. The summed E-state index contributed by atoms with van der Waals surface area (Å²) in [6.45, 7) is 3.47. The molecule has 1 saturated heterocycles. The molecule has 2 aromatic carbocycles. The van der Waals surface area contributed by atoms with E-state index in [1.165, 1.54) is 0 Å². The number of nitrogens with one attached hydrogen (secondary N) is 1. The van der Waals surface area contributed by atoms with Gasteiger partial charge in [0.2, 0.25) is 5.91 Å². The van der Waals surface area contributed by atoms with Crippen molar-refractivity contribution in [2.75, 3.05) is 44.8 Å². The lowest BCUT2D eigenvalue weighted by Crippen LogP contribution is -2.41. The summed E-state index contributed by atoms with van der Waals surface area (Å²) in [4.78, 5) is 26.8. The van der Waals surface area contributed by atoms with E-state index in [2.05, 4.69) is 5.32 Å². The van der Waals surface area contributed by atoms with Crippen molar-refractivity contribution in [3.05, 3.63) is 52.5 Å². The minimum Gasteiger partial charge on any atom is -0.489 e. The van der Waals surface area contributed by atoms with E-state index in [-0.39, 0.29) is 11.8 Å². The standard InChI is InChI=1S/C22H23ClN2O5/c23-18-13-16(14-19-21(18)30-9-1-8-29-19)22(27)24-17-4-2-15(3-5-17)12-20(26)25-6-10-28-11-7-25/h2-5,13-14H,1,6-12H2,(H,24,27). The van der Waals surface area contributed by atoms with Gasteiger partial charge in [0.1, 0.15) is 0 Å². The lowest BCUT2D eigenvalue weighted by atomic mass is 10.1. The van der Waals surface area contributed by atoms with Gasteiger partial charge in [0, 0.05) is 30.8 Å². The SMILES string of the molecule is O=C(Nc1ccc(CC(=O)N2CCOCC2)cc1)c1cc(Cl)c2c(c1)OCCCO2. The number of amides is 2. The molecule has 30 heavy (non-hydrogen) atoms. The number of morpholine rings is 1. The molecule has 0 atom stereocenters. The lowest BCUT2D eigenvalue weighted by molar-refractivity contribution is -0.134. The van der Waals surface area contributed by atoms with E-state index in [1.807, 2.05) is 17.0 Å². The predicted molar refractivity (Wildman–Crippen MR) is 113 cm³/mol. The number of rotatable bonds is 4. The summed E-state index contributed by atoms with van der Waals surface area (Å²) in [7, 11) is 0. The van der Waals surface area contributed by atoms with E-state index in [1.54, 1.807) is 24.3 Å². The first-order valence-electron chi connectivity index (χ1n) is 9.95. The highest BCUT2D eigenvalue weighted by atomic mass is 35.5. The number of ether oxygens (including phenoxy) is 3. The van der Waals surface area contributed by atoms with Crippen LogP contribution in [0.1, 0.15) is 22.3 Å². The second kappa shape index (κ2) is 9.36. The van der Waals surface area contributed by atoms with Crippen molar-refractivity contribution in [3.8, 4) is 11.5 Å². The van der Waals surface area contributed by atoms with Gasteiger partial charge in [-0.05, 0) is 29.8 Å². The van der Waals surface area contributed by atoms with E-state index < -0.39 is 0 Å². The largest absolute Gasteiger partial charge is 0.489 e. The molecule has 2 amide bonds. The topological polar surface area (TPSA) is 77.1 Å². The van der Waals surface area contributed by atoms with Crippen molar-refractivity contribution in [3.63, 3.8) is 0 Å². The molecule has 0 radical (unpaired) electrons. The van der Waals surface area contributed by atoms with Gasteiger partial charge >= 0.3 is 0 Å². The zero-order valence-electron chi connectivity index (χ0n) is 16.5. The van der Waals surface area contributed by atoms with Gasteiger partial charge < -0.3 is 24.4 Å².